The van der Waals surface area contributed by atoms with Crippen molar-refractivity contribution >= 4 is 17.6 Å². The van der Waals surface area contributed by atoms with Crippen LogP contribution < -0.4 is 10.1 Å². The van der Waals surface area contributed by atoms with E-state index < -0.39 is 23.1 Å². The highest BCUT2D eigenvalue weighted by Crippen LogP contribution is 2.24. The third-order valence-electron chi connectivity index (χ3n) is 2.63. The Morgan fingerprint density at radius 2 is 2.05 bits per heavy atom. The van der Waals surface area contributed by atoms with Crippen LogP contribution in [-0.2, 0) is 9.59 Å². The van der Waals surface area contributed by atoms with Crippen molar-refractivity contribution in [3.63, 3.8) is 0 Å². The maximum Gasteiger partial charge on any atom is 0.309 e. The normalized spacial score (nSPS) is 10.9. The Balaban J connectivity index is 2.80. The lowest BCUT2D eigenvalue weighted by molar-refractivity contribution is -0.148. The maximum atomic E-state index is 13.5. The van der Waals surface area contributed by atoms with Crippen LogP contribution in [0, 0.1) is 11.2 Å². The Labute approximate surface area is 110 Å². The average molecular weight is 269 g/mol. The third-order valence-corrected chi connectivity index (χ3v) is 2.63. The summed E-state index contributed by atoms with van der Waals surface area (Å²) in [6.07, 6.45) is -0.251. The van der Waals surface area contributed by atoms with Crippen LogP contribution in [0.2, 0.25) is 0 Å². The molecule has 5 nitrogen and oxygen atoms in total. The monoisotopic (exact) mass is 269 g/mol. The molecule has 19 heavy (non-hydrogen) atoms. The number of hydrogen-bond acceptors (Lipinski definition) is 3. The second-order valence-corrected chi connectivity index (χ2v) is 4.76. The SMILES string of the molecule is COc1ccc(F)c(NC(=O)CC(C)(C)C(=O)O)c1. The molecule has 0 saturated carbocycles. The van der Waals surface area contributed by atoms with Gasteiger partial charge in [-0.15, -0.1) is 0 Å². The van der Waals surface area contributed by atoms with Crippen LogP contribution in [0.5, 0.6) is 5.75 Å². The minimum Gasteiger partial charge on any atom is -0.497 e. The number of hydrogen-bond donors (Lipinski definition) is 2. The van der Waals surface area contributed by atoms with Gasteiger partial charge in [-0.05, 0) is 26.0 Å². The first-order chi connectivity index (χ1) is 8.76. The molecule has 1 aromatic rings. The Morgan fingerprint density at radius 1 is 1.42 bits per heavy atom. The summed E-state index contributed by atoms with van der Waals surface area (Å²) in [7, 11) is 1.42. The van der Waals surface area contributed by atoms with Gasteiger partial charge in [0.05, 0.1) is 18.2 Å². The van der Waals surface area contributed by atoms with Crippen LogP contribution in [0.1, 0.15) is 20.3 Å². The van der Waals surface area contributed by atoms with Gasteiger partial charge in [-0.3, -0.25) is 9.59 Å². The number of halogens is 1. The van der Waals surface area contributed by atoms with Gasteiger partial charge in [-0.25, -0.2) is 4.39 Å². The number of aliphatic carboxylic acids is 1. The number of carboxylic acids is 1. The number of rotatable bonds is 5. The summed E-state index contributed by atoms with van der Waals surface area (Å²) in [5.74, 6) is -1.87. The van der Waals surface area contributed by atoms with Gasteiger partial charge in [0, 0.05) is 12.5 Å². The molecule has 0 spiro atoms. The van der Waals surface area contributed by atoms with E-state index in [0.29, 0.717) is 5.75 Å². The molecule has 6 heteroatoms. The zero-order valence-electron chi connectivity index (χ0n) is 11.0. The van der Waals surface area contributed by atoms with Gasteiger partial charge >= 0.3 is 5.97 Å². The van der Waals surface area contributed by atoms with E-state index in [1.807, 2.05) is 0 Å². The maximum absolute atomic E-state index is 13.5. The number of ether oxygens (including phenoxy) is 1. The Morgan fingerprint density at radius 3 is 2.58 bits per heavy atom. The molecule has 0 aliphatic carbocycles. The third kappa shape index (κ3) is 3.94. The Kier molecular flexibility index (Phi) is 4.47. The topological polar surface area (TPSA) is 75.6 Å². The van der Waals surface area contributed by atoms with Crippen molar-refractivity contribution < 1.29 is 23.8 Å². The predicted octanol–water partition coefficient (Wildman–Crippen LogP) is 2.27. The molecule has 0 heterocycles. The molecule has 1 rings (SSSR count). The number of carbonyl (C=O) groups excluding carboxylic acids is 1. The van der Waals surface area contributed by atoms with E-state index in [1.54, 1.807) is 0 Å². The van der Waals surface area contributed by atoms with Crippen LogP contribution in [0.15, 0.2) is 18.2 Å². The summed E-state index contributed by atoms with van der Waals surface area (Å²) >= 11 is 0. The minimum absolute atomic E-state index is 0.0365. The van der Waals surface area contributed by atoms with E-state index in [0.717, 1.165) is 6.07 Å². The zero-order valence-corrected chi connectivity index (χ0v) is 11.0. The van der Waals surface area contributed by atoms with E-state index in [-0.39, 0.29) is 12.1 Å². The molecule has 1 amide bonds. The summed E-state index contributed by atoms with van der Waals surface area (Å²) in [6.45, 7) is 2.85. The first-order valence-electron chi connectivity index (χ1n) is 5.63. The number of nitrogens with one attached hydrogen (secondary N) is 1. The Bertz CT molecular complexity index is 499. The second-order valence-electron chi connectivity index (χ2n) is 4.76. The molecular formula is C13H16FNO4. The summed E-state index contributed by atoms with van der Waals surface area (Å²) < 4.78 is 18.4. The van der Waals surface area contributed by atoms with E-state index >= 15 is 0 Å². The second kappa shape index (κ2) is 5.69. The molecule has 0 atom stereocenters. The quantitative estimate of drug-likeness (QED) is 0.859. The van der Waals surface area contributed by atoms with Crippen LogP contribution in [-0.4, -0.2) is 24.1 Å². The minimum atomic E-state index is -1.21. The lowest BCUT2D eigenvalue weighted by Gasteiger charge is -2.18. The number of anilines is 1. The molecule has 2 N–H and O–H groups in total. The fourth-order valence-corrected chi connectivity index (χ4v) is 1.40. The number of carboxylic acid groups (broad SMARTS) is 1. The molecule has 0 aliphatic rings. The molecule has 0 unspecified atom stereocenters. The van der Waals surface area contributed by atoms with Crippen LogP contribution >= 0.6 is 0 Å². The summed E-state index contributed by atoms with van der Waals surface area (Å²) in [5.41, 5.74) is -1.25. The van der Waals surface area contributed by atoms with Crippen LogP contribution in [0.25, 0.3) is 0 Å². The number of amides is 1. The van der Waals surface area contributed by atoms with Gasteiger partial charge in [-0.2, -0.15) is 0 Å². The summed E-state index contributed by atoms with van der Waals surface area (Å²) in [5, 5.41) is 11.3. The molecule has 0 radical (unpaired) electrons. The van der Waals surface area contributed by atoms with Crippen LogP contribution in [0.3, 0.4) is 0 Å². The standard InChI is InChI=1S/C13H16FNO4/c1-13(2,12(17)18)7-11(16)15-10-6-8(19-3)4-5-9(10)14/h4-6H,7H2,1-3H3,(H,15,16)(H,17,18). The van der Waals surface area contributed by atoms with Crippen molar-refractivity contribution in [1.82, 2.24) is 0 Å². The van der Waals surface area contributed by atoms with Gasteiger partial charge in [0.2, 0.25) is 5.91 Å². The molecule has 0 aromatic heterocycles. The fraction of sp³-hybridized carbons (Fsp3) is 0.385. The van der Waals surface area contributed by atoms with Crippen molar-refractivity contribution in [2.75, 3.05) is 12.4 Å². The molecule has 104 valence electrons. The number of carbonyl (C=O) groups is 2. The molecular weight excluding hydrogens is 253 g/mol. The highest BCUT2D eigenvalue weighted by atomic mass is 19.1. The van der Waals surface area contributed by atoms with Crippen molar-refractivity contribution in [3.05, 3.63) is 24.0 Å². The van der Waals surface area contributed by atoms with Crippen molar-refractivity contribution in [3.8, 4) is 5.75 Å². The average Bonchev–Trinajstić information content (AvgIpc) is 2.31. The van der Waals surface area contributed by atoms with Crippen molar-refractivity contribution in [2.45, 2.75) is 20.3 Å². The van der Waals surface area contributed by atoms with Crippen molar-refractivity contribution in [2.24, 2.45) is 5.41 Å². The first-order valence-corrected chi connectivity index (χ1v) is 5.63. The fourth-order valence-electron chi connectivity index (χ4n) is 1.40. The lowest BCUT2D eigenvalue weighted by atomic mass is 9.89. The first kappa shape index (κ1) is 14.9. The van der Waals surface area contributed by atoms with E-state index in [9.17, 15) is 14.0 Å². The highest BCUT2D eigenvalue weighted by molar-refractivity contribution is 5.94. The van der Waals surface area contributed by atoms with Gasteiger partial charge in [0.1, 0.15) is 11.6 Å². The van der Waals surface area contributed by atoms with E-state index in [4.69, 9.17) is 9.84 Å². The van der Waals surface area contributed by atoms with Gasteiger partial charge in [-0.1, -0.05) is 0 Å². The molecule has 0 aliphatic heterocycles. The molecule has 1 aromatic carbocycles. The largest absolute Gasteiger partial charge is 0.497 e. The summed E-state index contributed by atoms with van der Waals surface area (Å²) in [4.78, 5) is 22.6. The van der Waals surface area contributed by atoms with Gasteiger partial charge < -0.3 is 15.2 Å². The highest BCUT2D eigenvalue weighted by Gasteiger charge is 2.30. The zero-order chi connectivity index (χ0) is 14.6. The molecule has 0 fully saturated rings. The van der Waals surface area contributed by atoms with Crippen LogP contribution in [0.4, 0.5) is 10.1 Å². The van der Waals surface area contributed by atoms with Gasteiger partial charge in [0.25, 0.3) is 0 Å². The van der Waals surface area contributed by atoms with E-state index in [2.05, 4.69) is 5.32 Å². The molecule has 0 saturated heterocycles. The van der Waals surface area contributed by atoms with Crippen molar-refractivity contribution in [1.29, 1.82) is 0 Å². The Hall–Kier alpha value is -2.11. The van der Waals surface area contributed by atoms with Gasteiger partial charge in [0.15, 0.2) is 0 Å². The summed E-state index contributed by atoms with van der Waals surface area (Å²) in [6, 6.07) is 3.92. The number of methoxy groups -OCH3 is 1. The number of benzene rings is 1. The molecule has 0 bridgehead atoms. The smallest absolute Gasteiger partial charge is 0.309 e. The lowest BCUT2D eigenvalue weighted by Crippen LogP contribution is -2.29. The van der Waals surface area contributed by atoms with E-state index in [1.165, 1.54) is 33.1 Å². The predicted molar refractivity (Wildman–Crippen MR) is 67.6 cm³/mol.